The van der Waals surface area contributed by atoms with E-state index in [9.17, 15) is 65.9 Å². The highest BCUT2D eigenvalue weighted by atomic mass is 19.2. The Balaban J connectivity index is 1.90. The largest absolute Gasteiger partial charge is 0.418 e. The van der Waals surface area contributed by atoms with Crippen molar-refractivity contribution < 1.29 is 80.1 Å². The van der Waals surface area contributed by atoms with E-state index in [4.69, 9.17) is 0 Å². The molecule has 0 saturated heterocycles. The van der Waals surface area contributed by atoms with Crippen molar-refractivity contribution in [2.45, 2.75) is 0 Å². The van der Waals surface area contributed by atoms with Gasteiger partial charge in [-0.05, 0) is 0 Å². The SMILES string of the molecule is Fc1c(F)c(F)c(Oc2nc(Oc3c(F)c(F)c(F)c(F)c3F)nc(Oc3c(F)c(F)c(F)c(F)c3F)n2)c(F)c1F. The normalized spacial score (nSPS) is 11.2. The van der Waals surface area contributed by atoms with E-state index in [-0.39, 0.29) is 0 Å². The Morgan fingerprint density at radius 2 is 0.381 bits per heavy atom. The first kappa shape index (κ1) is 30.0. The first-order valence-corrected chi connectivity index (χ1v) is 9.90. The Hall–Kier alpha value is -4.98. The summed E-state index contributed by atoms with van der Waals surface area (Å²) in [6.07, 6.45) is 0. The lowest BCUT2D eigenvalue weighted by Gasteiger charge is -2.13. The molecule has 222 valence electrons. The van der Waals surface area contributed by atoms with Gasteiger partial charge in [0.1, 0.15) is 0 Å². The van der Waals surface area contributed by atoms with Crippen LogP contribution in [0.1, 0.15) is 0 Å². The topological polar surface area (TPSA) is 66.4 Å². The Bertz CT molecular complexity index is 1480. The molecule has 4 rings (SSSR count). The first-order chi connectivity index (χ1) is 19.6. The monoisotopic (exact) mass is 627 g/mol. The molecule has 0 spiro atoms. The number of halogens is 15. The molecule has 0 aliphatic carbocycles. The fraction of sp³-hybridized carbons (Fsp3) is 0. The molecule has 0 saturated carbocycles. The number of nitrogens with zero attached hydrogens (tertiary/aromatic N) is 3. The summed E-state index contributed by atoms with van der Waals surface area (Å²) in [5, 5.41) is 0. The summed E-state index contributed by atoms with van der Waals surface area (Å²) in [5.74, 6) is -46.7. The van der Waals surface area contributed by atoms with Crippen LogP contribution in [-0.4, -0.2) is 15.0 Å². The maximum absolute atomic E-state index is 14.0. The van der Waals surface area contributed by atoms with Crippen LogP contribution >= 0.6 is 0 Å². The van der Waals surface area contributed by atoms with Crippen LogP contribution in [0.15, 0.2) is 0 Å². The van der Waals surface area contributed by atoms with Crippen molar-refractivity contribution >= 4 is 0 Å². The van der Waals surface area contributed by atoms with E-state index in [0.717, 1.165) is 0 Å². The molecular formula is C21F15N3O3. The Morgan fingerprint density at radius 3 is 0.548 bits per heavy atom. The summed E-state index contributed by atoms with van der Waals surface area (Å²) in [6, 6.07) is -5.48. The lowest BCUT2D eigenvalue weighted by molar-refractivity contribution is 0.290. The molecular weight excluding hydrogens is 627 g/mol. The number of ether oxygens (including phenoxy) is 3. The fourth-order valence-corrected chi connectivity index (χ4v) is 2.75. The van der Waals surface area contributed by atoms with E-state index >= 15 is 0 Å². The second kappa shape index (κ2) is 10.8. The predicted molar refractivity (Wildman–Crippen MR) is 98.7 cm³/mol. The van der Waals surface area contributed by atoms with Crippen molar-refractivity contribution in [2.75, 3.05) is 0 Å². The van der Waals surface area contributed by atoms with E-state index in [1.807, 2.05) is 0 Å². The zero-order valence-electron chi connectivity index (χ0n) is 18.7. The van der Waals surface area contributed by atoms with Gasteiger partial charge in [0.05, 0.1) is 0 Å². The highest BCUT2D eigenvalue weighted by molar-refractivity contribution is 5.36. The van der Waals surface area contributed by atoms with E-state index in [1.54, 1.807) is 0 Å². The molecule has 0 aliphatic heterocycles. The zero-order chi connectivity index (χ0) is 31.4. The van der Waals surface area contributed by atoms with Crippen LogP contribution in [0, 0.1) is 87.3 Å². The van der Waals surface area contributed by atoms with Gasteiger partial charge >= 0.3 is 18.0 Å². The van der Waals surface area contributed by atoms with Gasteiger partial charge in [-0.25, -0.2) is 39.5 Å². The second-order valence-corrected chi connectivity index (χ2v) is 7.19. The van der Waals surface area contributed by atoms with Gasteiger partial charge in [0.15, 0.2) is 0 Å². The van der Waals surface area contributed by atoms with Crippen LogP contribution in [0.4, 0.5) is 65.9 Å². The highest BCUT2D eigenvalue weighted by Gasteiger charge is 2.32. The molecule has 0 amide bonds. The van der Waals surface area contributed by atoms with Crippen LogP contribution in [0.2, 0.25) is 0 Å². The maximum atomic E-state index is 14.0. The van der Waals surface area contributed by atoms with Crippen molar-refractivity contribution in [3.63, 3.8) is 0 Å². The molecule has 0 unspecified atom stereocenters. The second-order valence-electron chi connectivity index (χ2n) is 7.19. The summed E-state index contributed by atoms with van der Waals surface area (Å²) in [4.78, 5) is 8.70. The quantitative estimate of drug-likeness (QED) is 0.127. The Labute approximate surface area is 218 Å². The third kappa shape index (κ3) is 4.89. The van der Waals surface area contributed by atoms with E-state index < -0.39 is 123 Å². The number of rotatable bonds is 6. The molecule has 1 heterocycles. The van der Waals surface area contributed by atoms with Gasteiger partial charge < -0.3 is 14.2 Å². The van der Waals surface area contributed by atoms with E-state index in [0.29, 0.717) is 0 Å². The van der Waals surface area contributed by atoms with E-state index in [1.165, 1.54) is 0 Å². The molecule has 0 bridgehead atoms. The van der Waals surface area contributed by atoms with Crippen LogP contribution < -0.4 is 14.2 Å². The lowest BCUT2D eigenvalue weighted by Crippen LogP contribution is -2.09. The van der Waals surface area contributed by atoms with Gasteiger partial charge in [-0.1, -0.05) is 0 Å². The summed E-state index contributed by atoms with van der Waals surface area (Å²) < 4.78 is 218. The average molecular weight is 627 g/mol. The molecule has 0 fully saturated rings. The molecule has 0 radical (unpaired) electrons. The molecule has 4 aromatic rings. The van der Waals surface area contributed by atoms with Gasteiger partial charge in [0.2, 0.25) is 105 Å². The minimum Gasteiger partial charge on any atom is -0.418 e. The zero-order valence-corrected chi connectivity index (χ0v) is 18.7. The van der Waals surface area contributed by atoms with Gasteiger partial charge in [0, 0.05) is 0 Å². The number of benzene rings is 3. The van der Waals surface area contributed by atoms with Crippen LogP contribution in [0.5, 0.6) is 35.3 Å². The van der Waals surface area contributed by atoms with Gasteiger partial charge in [-0.15, -0.1) is 15.0 Å². The van der Waals surface area contributed by atoms with Gasteiger partial charge in [-0.3, -0.25) is 0 Å². The number of hydrogen-bond acceptors (Lipinski definition) is 6. The highest BCUT2D eigenvalue weighted by Crippen LogP contribution is 2.37. The minimum atomic E-state index is -2.70. The van der Waals surface area contributed by atoms with Crippen molar-refractivity contribution in [3.8, 4) is 35.3 Å². The summed E-state index contributed by atoms with van der Waals surface area (Å²) in [7, 11) is 0. The van der Waals surface area contributed by atoms with E-state index in [2.05, 4.69) is 29.2 Å². The molecule has 0 atom stereocenters. The number of aromatic nitrogens is 3. The van der Waals surface area contributed by atoms with Crippen molar-refractivity contribution in [1.82, 2.24) is 15.0 Å². The van der Waals surface area contributed by atoms with Gasteiger partial charge in [0.25, 0.3) is 0 Å². The summed E-state index contributed by atoms with van der Waals surface area (Å²) >= 11 is 0. The van der Waals surface area contributed by atoms with Gasteiger partial charge in [-0.2, -0.15) is 26.3 Å². The molecule has 1 aromatic heterocycles. The maximum Gasteiger partial charge on any atom is 0.331 e. The predicted octanol–water partition coefficient (Wildman–Crippen LogP) is 7.34. The molecule has 0 aliphatic rings. The number of hydrogen-bond donors (Lipinski definition) is 0. The third-order valence-corrected chi connectivity index (χ3v) is 4.66. The van der Waals surface area contributed by atoms with Crippen molar-refractivity contribution in [1.29, 1.82) is 0 Å². The van der Waals surface area contributed by atoms with Crippen LogP contribution in [-0.2, 0) is 0 Å². The summed E-state index contributed by atoms with van der Waals surface area (Å²) in [6.45, 7) is 0. The molecule has 6 nitrogen and oxygen atoms in total. The standard InChI is InChI=1S/C21F15N3O3/c22-1-4(25)10(31)16(11(32)5(1)26)40-19-37-20(41-17-12(33)6(27)2(23)7(28)13(17)34)39-21(38-19)42-18-14(35)8(29)3(24)9(30)15(18)36. The van der Waals surface area contributed by atoms with Crippen molar-refractivity contribution in [2.24, 2.45) is 0 Å². The minimum absolute atomic E-state index is 1.83. The Kier molecular flexibility index (Phi) is 7.70. The lowest BCUT2D eigenvalue weighted by atomic mass is 10.2. The Morgan fingerprint density at radius 1 is 0.238 bits per heavy atom. The molecule has 42 heavy (non-hydrogen) atoms. The smallest absolute Gasteiger partial charge is 0.331 e. The fourth-order valence-electron chi connectivity index (χ4n) is 2.75. The van der Waals surface area contributed by atoms with Crippen LogP contribution in [0.25, 0.3) is 0 Å². The average Bonchev–Trinajstić information content (AvgIpc) is 2.97. The molecule has 0 N–H and O–H groups in total. The van der Waals surface area contributed by atoms with Crippen molar-refractivity contribution in [3.05, 3.63) is 87.3 Å². The summed E-state index contributed by atoms with van der Waals surface area (Å²) in [5.41, 5.74) is 0. The van der Waals surface area contributed by atoms with Crippen LogP contribution in [0.3, 0.4) is 0 Å². The first-order valence-electron chi connectivity index (χ1n) is 9.90. The molecule has 3 aromatic carbocycles. The third-order valence-electron chi connectivity index (χ3n) is 4.66. The molecule has 21 heteroatoms.